The Bertz CT molecular complexity index is 1330. The Hall–Kier alpha value is -3.18. The Kier molecular flexibility index (Phi) is 5.55. The molecule has 11 heteroatoms. The highest BCUT2D eigenvalue weighted by atomic mass is 32.1. The Morgan fingerprint density at radius 1 is 1.28 bits per heavy atom. The van der Waals surface area contributed by atoms with Crippen LogP contribution in [0.15, 0.2) is 45.1 Å². The van der Waals surface area contributed by atoms with Crippen LogP contribution in [-0.4, -0.2) is 26.2 Å². The van der Waals surface area contributed by atoms with Gasteiger partial charge >= 0.3 is 11.8 Å². The third-order valence-corrected chi connectivity index (χ3v) is 5.94. The summed E-state index contributed by atoms with van der Waals surface area (Å²) in [6, 6.07) is 6.68. The summed E-state index contributed by atoms with van der Waals surface area (Å²) in [5.74, 6) is 0.0735. The smallest absolute Gasteiger partial charge is 0.422 e. The quantitative estimate of drug-likeness (QED) is 0.357. The minimum absolute atomic E-state index is 0.0735. The Morgan fingerprint density at radius 2 is 2.06 bits per heavy atom. The van der Waals surface area contributed by atoms with Crippen LogP contribution in [0.25, 0.3) is 22.2 Å². The minimum Gasteiger partial charge on any atom is -0.423 e. The van der Waals surface area contributed by atoms with E-state index in [1.54, 1.807) is 18.2 Å². The standard InChI is InChI=1S/C21H19F3N4O3S/c1-3-20(30,21(22,23)24)17-9-26-19(28-17)25-8-12-4-5-13-14(15-10-32-11(2)27-15)7-18(29)31-16(13)6-12/h4-7,9-10,30H,3,8H2,1-2H3,(H2,25,26,28). The SMILES string of the molecule is CCC(O)(c1cnc(NCc2ccc3c(-c4csc(C)n4)cc(=O)oc3c2)[nH]1)C(F)(F)F. The van der Waals surface area contributed by atoms with Gasteiger partial charge in [-0.2, -0.15) is 13.2 Å². The molecule has 7 nitrogen and oxygen atoms in total. The molecule has 0 spiro atoms. The van der Waals surface area contributed by atoms with Crippen molar-refractivity contribution in [2.45, 2.75) is 38.6 Å². The number of nitrogens with zero attached hydrogens (tertiary/aromatic N) is 2. The van der Waals surface area contributed by atoms with E-state index in [0.717, 1.165) is 16.6 Å². The number of halogens is 3. The maximum Gasteiger partial charge on any atom is 0.422 e. The number of imidazole rings is 1. The second kappa shape index (κ2) is 8.06. The first-order valence-corrected chi connectivity index (χ1v) is 10.6. The zero-order valence-electron chi connectivity index (χ0n) is 17.1. The number of aryl methyl sites for hydroxylation is 1. The highest BCUT2D eigenvalue weighted by molar-refractivity contribution is 7.09. The number of rotatable bonds is 6. The number of thiazole rings is 1. The average molecular weight is 464 g/mol. The van der Waals surface area contributed by atoms with Crippen molar-refractivity contribution in [3.05, 3.63) is 62.5 Å². The number of aromatic nitrogens is 3. The van der Waals surface area contributed by atoms with E-state index in [2.05, 4.69) is 20.3 Å². The van der Waals surface area contributed by atoms with Gasteiger partial charge in [-0.15, -0.1) is 11.3 Å². The topological polar surface area (TPSA) is 104 Å². The first kappa shape index (κ1) is 22.0. The van der Waals surface area contributed by atoms with Crippen molar-refractivity contribution in [3.63, 3.8) is 0 Å². The molecule has 0 aliphatic rings. The number of aliphatic hydroxyl groups is 1. The molecular formula is C21H19F3N4O3S. The first-order chi connectivity index (χ1) is 15.1. The van der Waals surface area contributed by atoms with Crippen molar-refractivity contribution < 1.29 is 22.7 Å². The van der Waals surface area contributed by atoms with Gasteiger partial charge in [0, 0.05) is 28.9 Å². The van der Waals surface area contributed by atoms with Crippen LogP contribution in [-0.2, 0) is 12.1 Å². The first-order valence-electron chi connectivity index (χ1n) is 9.68. The molecule has 0 aliphatic carbocycles. The largest absolute Gasteiger partial charge is 0.423 e. The van der Waals surface area contributed by atoms with Crippen molar-refractivity contribution in [1.82, 2.24) is 15.0 Å². The predicted molar refractivity (Wildman–Crippen MR) is 114 cm³/mol. The van der Waals surface area contributed by atoms with Gasteiger partial charge in [-0.25, -0.2) is 14.8 Å². The highest BCUT2D eigenvalue weighted by Crippen LogP contribution is 2.40. The molecule has 0 aliphatic heterocycles. The lowest BCUT2D eigenvalue weighted by Crippen LogP contribution is -2.42. The second-order valence-electron chi connectivity index (χ2n) is 7.27. The molecule has 0 saturated heterocycles. The fraction of sp³-hybridized carbons (Fsp3) is 0.286. The normalized spacial score (nSPS) is 13.9. The average Bonchev–Trinajstić information content (AvgIpc) is 3.39. The van der Waals surface area contributed by atoms with E-state index in [1.807, 2.05) is 12.3 Å². The number of H-pyrrole nitrogens is 1. The number of alkyl halides is 3. The number of aromatic amines is 1. The monoisotopic (exact) mass is 464 g/mol. The molecule has 3 N–H and O–H groups in total. The number of anilines is 1. The zero-order valence-corrected chi connectivity index (χ0v) is 17.9. The van der Waals surface area contributed by atoms with Crippen molar-refractivity contribution in [3.8, 4) is 11.3 Å². The fourth-order valence-electron chi connectivity index (χ4n) is 3.37. The van der Waals surface area contributed by atoms with Gasteiger partial charge in [-0.3, -0.25) is 0 Å². The van der Waals surface area contributed by atoms with Crippen LogP contribution in [0.4, 0.5) is 19.1 Å². The van der Waals surface area contributed by atoms with Crippen molar-refractivity contribution in [2.75, 3.05) is 5.32 Å². The fourth-order valence-corrected chi connectivity index (χ4v) is 3.98. The van der Waals surface area contributed by atoms with Crippen molar-refractivity contribution >= 4 is 28.3 Å². The van der Waals surface area contributed by atoms with Gasteiger partial charge < -0.3 is 19.8 Å². The summed E-state index contributed by atoms with van der Waals surface area (Å²) >= 11 is 1.48. The molecule has 1 atom stereocenters. The molecular weight excluding hydrogens is 445 g/mol. The third-order valence-electron chi connectivity index (χ3n) is 5.17. The molecule has 4 rings (SSSR count). The summed E-state index contributed by atoms with van der Waals surface area (Å²) in [4.78, 5) is 22.8. The third kappa shape index (κ3) is 4.00. The van der Waals surface area contributed by atoms with E-state index >= 15 is 0 Å². The van der Waals surface area contributed by atoms with Gasteiger partial charge in [-0.1, -0.05) is 19.1 Å². The molecule has 3 heterocycles. The molecule has 0 amide bonds. The molecule has 1 aromatic carbocycles. The van der Waals surface area contributed by atoms with Gasteiger partial charge in [0.05, 0.1) is 22.6 Å². The maximum atomic E-state index is 13.2. The van der Waals surface area contributed by atoms with Crippen LogP contribution in [0, 0.1) is 6.92 Å². The van der Waals surface area contributed by atoms with E-state index in [0.29, 0.717) is 22.4 Å². The van der Waals surface area contributed by atoms with E-state index in [1.165, 1.54) is 24.3 Å². The van der Waals surface area contributed by atoms with Crippen LogP contribution < -0.4 is 10.9 Å². The van der Waals surface area contributed by atoms with Crippen molar-refractivity contribution in [2.24, 2.45) is 0 Å². The van der Waals surface area contributed by atoms with Gasteiger partial charge in [-0.05, 0) is 25.0 Å². The highest BCUT2D eigenvalue weighted by Gasteiger charge is 2.54. The van der Waals surface area contributed by atoms with E-state index in [9.17, 15) is 23.1 Å². The zero-order chi connectivity index (χ0) is 23.1. The molecule has 3 aromatic heterocycles. The Morgan fingerprint density at radius 3 is 2.72 bits per heavy atom. The van der Waals surface area contributed by atoms with Crippen LogP contribution in [0.3, 0.4) is 0 Å². The van der Waals surface area contributed by atoms with E-state index in [4.69, 9.17) is 4.42 Å². The number of nitrogens with one attached hydrogen (secondary N) is 2. The number of fused-ring (bicyclic) bond motifs is 1. The van der Waals surface area contributed by atoms with Crippen molar-refractivity contribution in [1.29, 1.82) is 0 Å². The molecule has 0 fully saturated rings. The van der Waals surface area contributed by atoms with Crippen LogP contribution >= 0.6 is 11.3 Å². The molecule has 0 radical (unpaired) electrons. The van der Waals surface area contributed by atoms with E-state index < -0.39 is 29.5 Å². The summed E-state index contributed by atoms with van der Waals surface area (Å²) in [6.07, 6.45) is -4.43. The number of benzene rings is 1. The maximum absolute atomic E-state index is 13.2. The Labute approximate surface area is 184 Å². The lowest BCUT2D eigenvalue weighted by molar-refractivity contribution is -0.269. The van der Waals surface area contributed by atoms with Gasteiger partial charge in [0.2, 0.25) is 11.5 Å². The summed E-state index contributed by atoms with van der Waals surface area (Å²) in [7, 11) is 0. The van der Waals surface area contributed by atoms with Crippen LogP contribution in [0.2, 0.25) is 0 Å². The van der Waals surface area contributed by atoms with Crippen LogP contribution in [0.5, 0.6) is 0 Å². The summed E-state index contributed by atoms with van der Waals surface area (Å²) in [5, 5.41) is 16.4. The molecule has 0 saturated carbocycles. The predicted octanol–water partition coefficient (Wildman–Crippen LogP) is 4.72. The van der Waals surface area contributed by atoms with Gasteiger partial charge in [0.1, 0.15) is 5.58 Å². The Balaban J connectivity index is 1.58. The lowest BCUT2D eigenvalue weighted by atomic mass is 9.96. The van der Waals surface area contributed by atoms with Crippen LogP contribution in [0.1, 0.15) is 29.6 Å². The molecule has 0 bridgehead atoms. The number of hydrogen-bond donors (Lipinski definition) is 3. The molecule has 32 heavy (non-hydrogen) atoms. The summed E-state index contributed by atoms with van der Waals surface area (Å²) in [5.41, 5.74) is -1.51. The summed E-state index contributed by atoms with van der Waals surface area (Å²) in [6.45, 7) is 3.32. The van der Waals surface area contributed by atoms with Gasteiger partial charge in [0.25, 0.3) is 0 Å². The number of hydrogen-bond acceptors (Lipinski definition) is 7. The lowest BCUT2D eigenvalue weighted by Gasteiger charge is -2.27. The van der Waals surface area contributed by atoms with Gasteiger partial charge in [0.15, 0.2) is 0 Å². The minimum atomic E-state index is -4.84. The molecule has 168 valence electrons. The summed E-state index contributed by atoms with van der Waals surface area (Å²) < 4.78 is 45.0. The second-order valence-corrected chi connectivity index (χ2v) is 8.33. The molecule has 4 aromatic rings. The van der Waals surface area contributed by atoms with E-state index in [-0.39, 0.29) is 12.5 Å². The molecule has 1 unspecified atom stereocenters.